The molecule has 1 aliphatic carbocycles. The molecule has 2 unspecified atom stereocenters. The van der Waals surface area contributed by atoms with E-state index in [-0.39, 0.29) is 17.2 Å². The van der Waals surface area contributed by atoms with Gasteiger partial charge in [0.05, 0.1) is 30.0 Å². The van der Waals surface area contributed by atoms with Crippen LogP contribution >= 0.6 is 12.2 Å². The zero-order valence-electron chi connectivity index (χ0n) is 22.3. The standard InChI is InChI=1S/C29H30F6N4OS/c1-3-16-15-39-9-7-17(16)10-25(39)26(22-6-8-36-24-5-4-21(40-2)14-23(22)24)38-27(41)37-20-12-18(28(30,31)32)11-19(13-20)29(33,34)35/h3,6,8,11-14,16-17,25-26H,1,4-5,7,9-10,15H2,2H3,(H2,37,38,41)/t16-,17?,25+,26-/m0/s1. The number of hydrogen-bond donors (Lipinski definition) is 2. The summed E-state index contributed by atoms with van der Waals surface area (Å²) in [5.41, 5.74) is -0.569. The molecule has 2 N–H and O–H groups in total. The summed E-state index contributed by atoms with van der Waals surface area (Å²) in [5, 5.41) is 5.78. The van der Waals surface area contributed by atoms with Crippen LogP contribution in [0.25, 0.3) is 6.08 Å². The van der Waals surface area contributed by atoms with Crippen molar-refractivity contribution in [3.63, 3.8) is 0 Å². The number of aryl methyl sites for hydroxylation is 1. The van der Waals surface area contributed by atoms with E-state index in [1.807, 2.05) is 18.2 Å². The van der Waals surface area contributed by atoms with Crippen LogP contribution in [-0.2, 0) is 23.5 Å². The van der Waals surface area contributed by atoms with Crippen molar-refractivity contribution in [2.75, 3.05) is 25.5 Å². The van der Waals surface area contributed by atoms with E-state index in [0.29, 0.717) is 36.8 Å². The second kappa shape index (κ2) is 11.3. The number of allylic oxidation sites excluding steroid dienone is 1. The minimum atomic E-state index is -4.97. The first-order valence-corrected chi connectivity index (χ1v) is 13.7. The van der Waals surface area contributed by atoms with Crippen molar-refractivity contribution in [1.82, 2.24) is 15.2 Å². The molecule has 0 radical (unpaired) electrons. The van der Waals surface area contributed by atoms with E-state index in [2.05, 4.69) is 27.1 Å². The Morgan fingerprint density at radius 3 is 2.44 bits per heavy atom. The van der Waals surface area contributed by atoms with Crippen LogP contribution in [0.5, 0.6) is 0 Å². The molecule has 5 nitrogen and oxygen atoms in total. The summed E-state index contributed by atoms with van der Waals surface area (Å²) in [7, 11) is 1.60. The predicted octanol–water partition coefficient (Wildman–Crippen LogP) is 6.98. The summed E-state index contributed by atoms with van der Waals surface area (Å²) in [6.07, 6.45) is -1.05. The summed E-state index contributed by atoms with van der Waals surface area (Å²) < 4.78 is 86.1. The van der Waals surface area contributed by atoms with Gasteiger partial charge in [0, 0.05) is 42.1 Å². The monoisotopic (exact) mass is 596 g/mol. The molecule has 2 aromatic rings. The number of piperidine rings is 3. The number of pyridine rings is 1. The number of aromatic nitrogens is 1. The number of thiocarbonyl (C=S) groups is 1. The number of fused-ring (bicyclic) bond motifs is 4. The number of halogens is 6. The van der Waals surface area contributed by atoms with Crippen molar-refractivity contribution >= 4 is 29.1 Å². The molecule has 5 atom stereocenters. The Morgan fingerprint density at radius 2 is 1.85 bits per heavy atom. The van der Waals surface area contributed by atoms with E-state index >= 15 is 0 Å². The minimum absolute atomic E-state index is 0.0234. The lowest BCUT2D eigenvalue weighted by Crippen LogP contribution is -2.57. The highest BCUT2D eigenvalue weighted by atomic mass is 32.1. The molecule has 1 aromatic heterocycles. The van der Waals surface area contributed by atoms with E-state index in [1.165, 1.54) is 0 Å². The lowest BCUT2D eigenvalue weighted by atomic mass is 9.72. The molecule has 220 valence electrons. The largest absolute Gasteiger partial charge is 0.501 e. The topological polar surface area (TPSA) is 49.4 Å². The van der Waals surface area contributed by atoms with Crippen LogP contribution in [0.1, 0.15) is 53.3 Å². The highest BCUT2D eigenvalue weighted by Gasteiger charge is 2.43. The first-order chi connectivity index (χ1) is 19.4. The Hall–Kier alpha value is -3.12. The number of methoxy groups -OCH3 is 1. The fourth-order valence-electron chi connectivity index (χ4n) is 6.25. The second-order valence-corrected chi connectivity index (χ2v) is 11.1. The van der Waals surface area contributed by atoms with Gasteiger partial charge in [-0.15, -0.1) is 6.58 Å². The van der Waals surface area contributed by atoms with E-state index in [1.54, 1.807) is 13.3 Å². The smallest absolute Gasteiger partial charge is 0.416 e. The van der Waals surface area contributed by atoms with E-state index in [0.717, 1.165) is 48.5 Å². The van der Waals surface area contributed by atoms with Gasteiger partial charge in [-0.3, -0.25) is 9.88 Å². The van der Waals surface area contributed by atoms with E-state index < -0.39 is 35.2 Å². The zero-order chi connectivity index (χ0) is 29.5. The maximum Gasteiger partial charge on any atom is 0.416 e. The minimum Gasteiger partial charge on any atom is -0.501 e. The molecule has 3 aliphatic heterocycles. The number of nitrogens with one attached hydrogen (secondary N) is 2. The SMILES string of the molecule is C=C[C@H]1CN2CCC1C[C@@H]2[C@@H](NC(=S)Nc1cc(C(F)(F)F)cc(C(F)(F)F)c1)c1ccnc2c1C=C(OC)CC2. The second-order valence-electron chi connectivity index (χ2n) is 10.7. The number of benzene rings is 1. The molecule has 0 spiro atoms. The average Bonchev–Trinajstić information content (AvgIpc) is 2.94. The number of rotatable bonds is 6. The Kier molecular flexibility index (Phi) is 8.08. The quantitative estimate of drug-likeness (QED) is 0.213. The highest BCUT2D eigenvalue weighted by Crippen LogP contribution is 2.43. The third-order valence-electron chi connectivity index (χ3n) is 8.29. The third kappa shape index (κ3) is 6.23. The molecular formula is C29H30F6N4OS. The van der Waals surface area contributed by atoms with E-state index in [4.69, 9.17) is 17.0 Å². The van der Waals surface area contributed by atoms with Gasteiger partial charge >= 0.3 is 12.4 Å². The Labute approximate surface area is 239 Å². The molecule has 2 bridgehead atoms. The number of nitrogens with zero attached hydrogens (tertiary/aromatic N) is 2. The number of ether oxygens (including phenoxy) is 1. The summed E-state index contributed by atoms with van der Waals surface area (Å²) in [5.74, 6) is 1.56. The summed E-state index contributed by atoms with van der Waals surface area (Å²) in [6.45, 7) is 5.67. The van der Waals surface area contributed by atoms with Crippen molar-refractivity contribution in [3.8, 4) is 0 Å². The van der Waals surface area contributed by atoms with Crippen LogP contribution < -0.4 is 10.6 Å². The average molecular weight is 597 g/mol. The number of alkyl halides is 6. The molecule has 41 heavy (non-hydrogen) atoms. The molecular weight excluding hydrogens is 566 g/mol. The fourth-order valence-corrected chi connectivity index (χ4v) is 6.49. The van der Waals surface area contributed by atoms with Crippen LogP contribution in [0.3, 0.4) is 0 Å². The Morgan fingerprint density at radius 1 is 1.15 bits per heavy atom. The molecule has 0 amide bonds. The number of anilines is 1. The van der Waals surface area contributed by atoms with Crippen molar-refractivity contribution in [1.29, 1.82) is 0 Å². The van der Waals surface area contributed by atoms with Gasteiger partial charge in [-0.25, -0.2) is 0 Å². The van der Waals surface area contributed by atoms with E-state index in [9.17, 15) is 26.3 Å². The molecule has 3 saturated heterocycles. The first kappa shape index (κ1) is 29.4. The third-order valence-corrected chi connectivity index (χ3v) is 8.51. The van der Waals surface area contributed by atoms with Crippen LogP contribution in [0.15, 0.2) is 48.9 Å². The zero-order valence-corrected chi connectivity index (χ0v) is 23.1. The van der Waals surface area contributed by atoms with Gasteiger partial charge in [-0.2, -0.15) is 26.3 Å². The maximum atomic E-state index is 13.4. The van der Waals surface area contributed by atoms with Gasteiger partial charge in [-0.05, 0) is 85.8 Å². The predicted molar refractivity (Wildman–Crippen MR) is 148 cm³/mol. The van der Waals surface area contributed by atoms with Crippen LogP contribution in [0.2, 0.25) is 0 Å². The van der Waals surface area contributed by atoms with Crippen molar-refractivity contribution < 1.29 is 31.1 Å². The first-order valence-electron chi connectivity index (χ1n) is 13.3. The van der Waals surface area contributed by atoms with Crippen LogP contribution in [-0.4, -0.2) is 41.2 Å². The molecule has 1 aromatic carbocycles. The van der Waals surface area contributed by atoms with Gasteiger partial charge in [0.25, 0.3) is 0 Å². The summed E-state index contributed by atoms with van der Waals surface area (Å²) in [4.78, 5) is 6.90. The van der Waals surface area contributed by atoms with Gasteiger partial charge < -0.3 is 15.4 Å². The molecule has 4 heterocycles. The van der Waals surface area contributed by atoms with Gasteiger partial charge in [0.2, 0.25) is 0 Å². The Balaban J connectivity index is 1.49. The molecule has 3 fully saturated rings. The van der Waals surface area contributed by atoms with Gasteiger partial charge in [0.1, 0.15) is 0 Å². The lowest BCUT2D eigenvalue weighted by Gasteiger charge is -2.52. The maximum absolute atomic E-state index is 13.4. The normalized spacial score (nSPS) is 24.6. The van der Waals surface area contributed by atoms with Crippen LogP contribution in [0.4, 0.5) is 32.0 Å². The van der Waals surface area contributed by atoms with Crippen molar-refractivity contribution in [2.45, 2.75) is 50.1 Å². The number of hydrogen-bond acceptors (Lipinski definition) is 4. The van der Waals surface area contributed by atoms with Crippen LogP contribution in [0, 0.1) is 11.8 Å². The van der Waals surface area contributed by atoms with Gasteiger partial charge in [-0.1, -0.05) is 6.08 Å². The highest BCUT2D eigenvalue weighted by molar-refractivity contribution is 7.80. The summed E-state index contributed by atoms with van der Waals surface area (Å²) in [6, 6.07) is 2.79. The lowest BCUT2D eigenvalue weighted by molar-refractivity contribution is -0.143. The Bertz CT molecular complexity index is 1330. The molecule has 0 saturated carbocycles. The summed E-state index contributed by atoms with van der Waals surface area (Å²) >= 11 is 5.51. The van der Waals surface area contributed by atoms with Crippen molar-refractivity contribution in [3.05, 3.63) is 76.8 Å². The molecule has 4 aliphatic rings. The molecule has 6 rings (SSSR count). The fraction of sp³-hybridized carbons (Fsp3) is 0.448. The van der Waals surface area contributed by atoms with Gasteiger partial charge in [0.15, 0.2) is 5.11 Å². The molecule has 12 heteroatoms. The van der Waals surface area contributed by atoms with Crippen molar-refractivity contribution in [2.24, 2.45) is 11.8 Å².